The molecule has 1 amide bonds. The lowest BCUT2D eigenvalue weighted by Gasteiger charge is -2.23. The summed E-state index contributed by atoms with van der Waals surface area (Å²) in [5, 5.41) is 6.18. The third-order valence-corrected chi connectivity index (χ3v) is 4.63. The summed E-state index contributed by atoms with van der Waals surface area (Å²) in [7, 11) is 1.64. The molecule has 2 rings (SSSR count). The van der Waals surface area contributed by atoms with E-state index in [2.05, 4.69) is 24.5 Å². The van der Waals surface area contributed by atoms with Gasteiger partial charge in [0.05, 0.1) is 11.4 Å². The second kappa shape index (κ2) is 6.16. The molecule has 0 aliphatic heterocycles. The second-order valence-electron chi connectivity index (χ2n) is 5.74. The fraction of sp³-hybridized carbons (Fsp3) is 0.562. The van der Waals surface area contributed by atoms with E-state index in [1.54, 1.807) is 19.2 Å². The van der Waals surface area contributed by atoms with E-state index in [0.717, 1.165) is 11.6 Å². The number of nitrogens with two attached hydrogens (primary N) is 1. The predicted molar refractivity (Wildman–Crippen MR) is 83.8 cm³/mol. The molecule has 0 heterocycles. The molecule has 4 heteroatoms. The Bertz CT molecular complexity index is 487. The third kappa shape index (κ3) is 2.89. The number of carbonyl (C=O) groups excluding carboxylic acids is 1. The summed E-state index contributed by atoms with van der Waals surface area (Å²) in [6, 6.07) is 5.85. The summed E-state index contributed by atoms with van der Waals surface area (Å²) in [5.74, 6) is 1.35. The first-order valence-electron chi connectivity index (χ1n) is 7.45. The Hall–Kier alpha value is -1.71. The molecule has 3 unspecified atom stereocenters. The minimum atomic E-state index is -0.0843. The molecule has 20 heavy (non-hydrogen) atoms. The van der Waals surface area contributed by atoms with Crippen molar-refractivity contribution in [3.05, 3.63) is 23.8 Å². The predicted octanol–water partition coefficient (Wildman–Crippen LogP) is 2.87. The van der Waals surface area contributed by atoms with Crippen LogP contribution in [0.3, 0.4) is 0 Å². The van der Waals surface area contributed by atoms with Crippen molar-refractivity contribution in [1.29, 1.82) is 0 Å². The average molecular weight is 275 g/mol. The van der Waals surface area contributed by atoms with Crippen LogP contribution in [0.15, 0.2) is 18.2 Å². The quantitative estimate of drug-likeness (QED) is 0.740. The smallest absolute Gasteiger partial charge is 0.251 e. The zero-order valence-electron chi connectivity index (χ0n) is 12.6. The Balaban J connectivity index is 2.15. The lowest BCUT2D eigenvalue weighted by molar-refractivity contribution is 0.0963. The summed E-state index contributed by atoms with van der Waals surface area (Å²) in [4.78, 5) is 11.7. The standard InChI is InChI=1S/C16H25N3O/c1-4-11-6-8-14(10(11)2)19-15-9-12(16(20)18-3)5-7-13(15)17/h5,7,9-11,14,19H,4,6,8,17H2,1-3H3,(H,18,20). The van der Waals surface area contributed by atoms with E-state index in [-0.39, 0.29) is 5.91 Å². The first kappa shape index (κ1) is 14.7. The maximum absolute atomic E-state index is 11.7. The molecule has 3 atom stereocenters. The molecule has 0 saturated heterocycles. The zero-order chi connectivity index (χ0) is 14.7. The fourth-order valence-corrected chi connectivity index (χ4v) is 3.19. The molecule has 1 aliphatic carbocycles. The number of nitrogen functional groups attached to an aromatic ring is 1. The molecule has 0 spiro atoms. The van der Waals surface area contributed by atoms with E-state index in [1.807, 2.05) is 6.07 Å². The highest BCUT2D eigenvalue weighted by molar-refractivity contribution is 5.96. The van der Waals surface area contributed by atoms with Gasteiger partial charge in [-0.15, -0.1) is 0 Å². The Morgan fingerprint density at radius 3 is 2.75 bits per heavy atom. The number of hydrogen-bond donors (Lipinski definition) is 3. The van der Waals surface area contributed by atoms with Crippen molar-refractivity contribution in [2.24, 2.45) is 11.8 Å². The van der Waals surface area contributed by atoms with Gasteiger partial charge in [-0.05, 0) is 42.9 Å². The average Bonchev–Trinajstić information content (AvgIpc) is 2.81. The Morgan fingerprint density at radius 2 is 2.15 bits per heavy atom. The van der Waals surface area contributed by atoms with Crippen molar-refractivity contribution in [3.8, 4) is 0 Å². The summed E-state index contributed by atoms with van der Waals surface area (Å²) in [6.07, 6.45) is 3.67. The highest BCUT2D eigenvalue weighted by Gasteiger charge is 2.31. The summed E-state index contributed by atoms with van der Waals surface area (Å²) in [6.45, 7) is 4.56. The first-order chi connectivity index (χ1) is 9.56. The molecular formula is C16H25N3O. The maximum atomic E-state index is 11.7. The van der Waals surface area contributed by atoms with Crippen LogP contribution in [-0.2, 0) is 0 Å². The van der Waals surface area contributed by atoms with Crippen LogP contribution in [0.4, 0.5) is 11.4 Å². The number of hydrogen-bond acceptors (Lipinski definition) is 3. The number of amides is 1. The fourth-order valence-electron chi connectivity index (χ4n) is 3.19. The van der Waals surface area contributed by atoms with Crippen molar-refractivity contribution in [1.82, 2.24) is 5.32 Å². The number of anilines is 2. The number of nitrogens with one attached hydrogen (secondary N) is 2. The molecule has 4 N–H and O–H groups in total. The lowest BCUT2D eigenvalue weighted by atomic mass is 9.93. The Kier molecular flexibility index (Phi) is 4.53. The van der Waals surface area contributed by atoms with Gasteiger partial charge in [0.15, 0.2) is 0 Å². The van der Waals surface area contributed by atoms with E-state index in [0.29, 0.717) is 23.2 Å². The molecule has 4 nitrogen and oxygen atoms in total. The molecule has 1 aliphatic rings. The van der Waals surface area contributed by atoms with E-state index in [9.17, 15) is 4.79 Å². The molecule has 0 bridgehead atoms. The van der Waals surface area contributed by atoms with Crippen LogP contribution in [0.1, 0.15) is 43.5 Å². The van der Waals surface area contributed by atoms with Crippen LogP contribution in [0.2, 0.25) is 0 Å². The van der Waals surface area contributed by atoms with Gasteiger partial charge in [0.25, 0.3) is 5.91 Å². The molecule has 1 aromatic rings. The largest absolute Gasteiger partial charge is 0.397 e. The van der Waals surface area contributed by atoms with E-state index in [4.69, 9.17) is 5.73 Å². The highest BCUT2D eigenvalue weighted by atomic mass is 16.1. The van der Waals surface area contributed by atoms with E-state index >= 15 is 0 Å². The minimum absolute atomic E-state index is 0.0843. The number of benzene rings is 1. The maximum Gasteiger partial charge on any atom is 0.251 e. The molecule has 1 saturated carbocycles. The van der Waals surface area contributed by atoms with Gasteiger partial charge in [-0.1, -0.05) is 20.3 Å². The van der Waals surface area contributed by atoms with Gasteiger partial charge in [-0.25, -0.2) is 0 Å². The van der Waals surface area contributed by atoms with E-state index < -0.39 is 0 Å². The van der Waals surface area contributed by atoms with Crippen LogP contribution in [-0.4, -0.2) is 19.0 Å². The van der Waals surface area contributed by atoms with Gasteiger partial charge in [-0.2, -0.15) is 0 Å². The Morgan fingerprint density at radius 1 is 1.40 bits per heavy atom. The van der Waals surface area contributed by atoms with Gasteiger partial charge in [-0.3, -0.25) is 4.79 Å². The van der Waals surface area contributed by atoms with Crippen LogP contribution in [0.25, 0.3) is 0 Å². The molecule has 1 aromatic carbocycles. The normalized spacial score (nSPS) is 25.4. The second-order valence-corrected chi connectivity index (χ2v) is 5.74. The summed E-state index contributed by atoms with van der Waals surface area (Å²) in [5.41, 5.74) is 8.24. The minimum Gasteiger partial charge on any atom is -0.397 e. The van der Waals surface area contributed by atoms with Gasteiger partial charge in [0.2, 0.25) is 0 Å². The molecule has 1 fully saturated rings. The van der Waals surface area contributed by atoms with Crippen molar-refractivity contribution >= 4 is 17.3 Å². The van der Waals surface area contributed by atoms with E-state index in [1.165, 1.54) is 19.3 Å². The summed E-state index contributed by atoms with van der Waals surface area (Å²) < 4.78 is 0. The van der Waals surface area contributed by atoms with Gasteiger partial charge in [0, 0.05) is 18.7 Å². The first-order valence-corrected chi connectivity index (χ1v) is 7.45. The SMILES string of the molecule is CCC1CCC(Nc2cc(C(=O)NC)ccc2N)C1C. The molecular weight excluding hydrogens is 250 g/mol. The van der Waals surface area contributed by atoms with Crippen LogP contribution in [0, 0.1) is 11.8 Å². The van der Waals surface area contributed by atoms with Gasteiger partial charge < -0.3 is 16.4 Å². The third-order valence-electron chi connectivity index (χ3n) is 4.63. The van der Waals surface area contributed by atoms with Crippen molar-refractivity contribution in [2.75, 3.05) is 18.1 Å². The number of rotatable bonds is 4. The monoisotopic (exact) mass is 275 g/mol. The van der Waals surface area contributed by atoms with Crippen molar-refractivity contribution in [3.63, 3.8) is 0 Å². The zero-order valence-corrected chi connectivity index (χ0v) is 12.6. The van der Waals surface area contributed by atoms with Crippen LogP contribution < -0.4 is 16.4 Å². The van der Waals surface area contributed by atoms with Crippen LogP contribution >= 0.6 is 0 Å². The van der Waals surface area contributed by atoms with Crippen molar-refractivity contribution < 1.29 is 4.79 Å². The summed E-state index contributed by atoms with van der Waals surface area (Å²) >= 11 is 0. The Labute approximate surface area is 121 Å². The number of carbonyl (C=O) groups is 1. The molecule has 110 valence electrons. The van der Waals surface area contributed by atoms with Gasteiger partial charge >= 0.3 is 0 Å². The highest BCUT2D eigenvalue weighted by Crippen LogP contribution is 2.36. The molecule has 0 radical (unpaired) electrons. The van der Waals surface area contributed by atoms with Crippen LogP contribution in [0.5, 0.6) is 0 Å². The lowest BCUT2D eigenvalue weighted by Crippen LogP contribution is -2.25. The van der Waals surface area contributed by atoms with Gasteiger partial charge in [0.1, 0.15) is 0 Å². The van der Waals surface area contributed by atoms with Crippen molar-refractivity contribution in [2.45, 2.75) is 39.2 Å². The molecule has 0 aromatic heterocycles. The topological polar surface area (TPSA) is 67.2 Å².